The Kier molecular flexibility index (Phi) is 5.26. The summed E-state index contributed by atoms with van der Waals surface area (Å²) in [5.74, 6) is 0.953. The van der Waals surface area contributed by atoms with Crippen LogP contribution in [-0.4, -0.2) is 26.7 Å². The number of anilines is 1. The molecule has 0 atom stereocenters. The third-order valence-electron chi connectivity index (χ3n) is 4.21. The van der Waals surface area contributed by atoms with Crippen LogP contribution in [0.1, 0.15) is 36.8 Å². The predicted octanol–water partition coefficient (Wildman–Crippen LogP) is 3.52. The molecule has 0 aliphatic carbocycles. The van der Waals surface area contributed by atoms with Crippen LogP contribution >= 0.6 is 0 Å². The van der Waals surface area contributed by atoms with Crippen LogP contribution in [0.2, 0.25) is 0 Å². The Balaban J connectivity index is 1.78. The van der Waals surface area contributed by atoms with Gasteiger partial charge in [0.05, 0.1) is 0 Å². The second-order valence-corrected chi connectivity index (χ2v) is 6.10. The summed E-state index contributed by atoms with van der Waals surface area (Å²) in [6.45, 7) is 7.97. The van der Waals surface area contributed by atoms with Gasteiger partial charge in [0.15, 0.2) is 0 Å². The number of piperidine rings is 1. The summed E-state index contributed by atoms with van der Waals surface area (Å²) in [5.41, 5.74) is 4.09. The van der Waals surface area contributed by atoms with Gasteiger partial charge in [-0.1, -0.05) is 6.07 Å². The Morgan fingerprint density at radius 1 is 1.11 bits per heavy atom. The lowest BCUT2D eigenvalue weighted by Crippen LogP contribution is -2.28. The van der Waals surface area contributed by atoms with Crippen molar-refractivity contribution in [1.82, 2.24) is 5.32 Å². The van der Waals surface area contributed by atoms with E-state index < -0.39 is 0 Å². The molecule has 2 rings (SSSR count). The topological polar surface area (TPSA) is 15.3 Å². The Bertz CT molecular complexity index is 374. The van der Waals surface area contributed by atoms with Gasteiger partial charge in [-0.15, -0.1) is 0 Å². The van der Waals surface area contributed by atoms with Gasteiger partial charge in [-0.25, -0.2) is 0 Å². The summed E-state index contributed by atoms with van der Waals surface area (Å²) >= 11 is 0. The summed E-state index contributed by atoms with van der Waals surface area (Å²) in [6, 6.07) is 6.82. The molecule has 2 heteroatoms. The van der Waals surface area contributed by atoms with Crippen molar-refractivity contribution in [2.45, 2.75) is 39.5 Å². The molecule has 1 saturated heterocycles. The van der Waals surface area contributed by atoms with Gasteiger partial charge in [-0.05, 0) is 81.8 Å². The number of aryl methyl sites for hydroxylation is 2. The third-order valence-corrected chi connectivity index (χ3v) is 4.21. The SMILES string of the molecule is Cc1cc(C)cc(N(C)CCCC2CCNCC2)c1. The fraction of sp³-hybridized carbons (Fsp3) is 0.647. The van der Waals surface area contributed by atoms with Crippen LogP contribution in [0, 0.1) is 19.8 Å². The van der Waals surface area contributed by atoms with Gasteiger partial charge in [-0.2, -0.15) is 0 Å². The van der Waals surface area contributed by atoms with Gasteiger partial charge in [0.25, 0.3) is 0 Å². The van der Waals surface area contributed by atoms with Crippen LogP contribution in [0.5, 0.6) is 0 Å². The molecule has 0 amide bonds. The van der Waals surface area contributed by atoms with Gasteiger partial charge in [-0.3, -0.25) is 0 Å². The highest BCUT2D eigenvalue weighted by Crippen LogP contribution is 2.21. The van der Waals surface area contributed by atoms with Crippen LogP contribution in [0.25, 0.3) is 0 Å². The van der Waals surface area contributed by atoms with E-state index in [2.05, 4.69) is 49.3 Å². The van der Waals surface area contributed by atoms with Crippen LogP contribution in [0.3, 0.4) is 0 Å². The molecular formula is C17H28N2. The lowest BCUT2D eigenvalue weighted by Gasteiger charge is -2.25. The van der Waals surface area contributed by atoms with E-state index in [9.17, 15) is 0 Å². The fourth-order valence-corrected chi connectivity index (χ4v) is 3.09. The molecule has 0 spiro atoms. The Labute approximate surface area is 118 Å². The zero-order chi connectivity index (χ0) is 13.7. The highest BCUT2D eigenvalue weighted by molar-refractivity contribution is 5.50. The van der Waals surface area contributed by atoms with E-state index in [0.717, 1.165) is 5.92 Å². The molecule has 0 saturated carbocycles. The van der Waals surface area contributed by atoms with Crippen molar-refractivity contribution in [2.24, 2.45) is 5.92 Å². The van der Waals surface area contributed by atoms with Crippen molar-refractivity contribution < 1.29 is 0 Å². The maximum absolute atomic E-state index is 3.44. The van der Waals surface area contributed by atoms with Gasteiger partial charge in [0, 0.05) is 19.3 Å². The zero-order valence-electron chi connectivity index (χ0n) is 12.7. The summed E-state index contributed by atoms with van der Waals surface area (Å²) in [4.78, 5) is 2.40. The van der Waals surface area contributed by atoms with Crippen molar-refractivity contribution in [1.29, 1.82) is 0 Å². The minimum Gasteiger partial charge on any atom is -0.375 e. The van der Waals surface area contributed by atoms with Crippen LogP contribution in [0.15, 0.2) is 18.2 Å². The Morgan fingerprint density at radius 2 is 1.74 bits per heavy atom. The minimum absolute atomic E-state index is 0.953. The summed E-state index contributed by atoms with van der Waals surface area (Å²) in [5, 5.41) is 3.44. The van der Waals surface area contributed by atoms with Gasteiger partial charge >= 0.3 is 0 Å². The van der Waals surface area contributed by atoms with Gasteiger partial charge in [0.2, 0.25) is 0 Å². The number of hydrogen-bond acceptors (Lipinski definition) is 2. The Morgan fingerprint density at radius 3 is 2.37 bits per heavy atom. The van der Waals surface area contributed by atoms with Crippen molar-refractivity contribution >= 4 is 5.69 Å². The standard InChI is InChI=1S/C17H28N2/c1-14-11-15(2)13-17(12-14)19(3)10-4-5-16-6-8-18-9-7-16/h11-13,16,18H,4-10H2,1-3H3. The van der Waals surface area contributed by atoms with E-state index in [0.29, 0.717) is 0 Å². The normalized spacial score (nSPS) is 16.6. The van der Waals surface area contributed by atoms with Crippen LogP contribution in [0.4, 0.5) is 5.69 Å². The minimum atomic E-state index is 0.953. The lowest BCUT2D eigenvalue weighted by atomic mass is 9.93. The number of benzene rings is 1. The first-order valence-electron chi connectivity index (χ1n) is 7.65. The summed E-state index contributed by atoms with van der Waals surface area (Å²) in [7, 11) is 2.22. The summed E-state index contributed by atoms with van der Waals surface area (Å²) in [6.07, 6.45) is 5.44. The third kappa shape index (κ3) is 4.54. The lowest BCUT2D eigenvalue weighted by molar-refractivity contribution is 0.348. The average Bonchev–Trinajstić information content (AvgIpc) is 2.38. The second kappa shape index (κ2) is 6.95. The largest absolute Gasteiger partial charge is 0.375 e. The molecule has 0 bridgehead atoms. The number of nitrogens with zero attached hydrogens (tertiary/aromatic N) is 1. The number of nitrogens with one attached hydrogen (secondary N) is 1. The molecule has 19 heavy (non-hydrogen) atoms. The van der Waals surface area contributed by atoms with Gasteiger partial charge in [0.1, 0.15) is 0 Å². The molecule has 1 aliphatic heterocycles. The molecule has 1 fully saturated rings. The number of rotatable bonds is 5. The maximum Gasteiger partial charge on any atom is 0.0368 e. The highest BCUT2D eigenvalue weighted by Gasteiger charge is 2.12. The molecule has 2 nitrogen and oxygen atoms in total. The smallest absolute Gasteiger partial charge is 0.0368 e. The molecule has 1 heterocycles. The molecular weight excluding hydrogens is 232 g/mol. The van der Waals surface area contributed by atoms with Crippen LogP contribution in [-0.2, 0) is 0 Å². The van der Waals surface area contributed by atoms with Crippen LogP contribution < -0.4 is 10.2 Å². The molecule has 1 N–H and O–H groups in total. The molecule has 0 aromatic heterocycles. The van der Waals surface area contributed by atoms with Crippen molar-refractivity contribution in [3.8, 4) is 0 Å². The zero-order valence-corrected chi connectivity index (χ0v) is 12.7. The highest BCUT2D eigenvalue weighted by atomic mass is 15.1. The first-order chi connectivity index (χ1) is 9.15. The average molecular weight is 260 g/mol. The van der Waals surface area contributed by atoms with E-state index in [1.165, 1.54) is 62.1 Å². The van der Waals surface area contributed by atoms with Gasteiger partial charge < -0.3 is 10.2 Å². The monoisotopic (exact) mass is 260 g/mol. The molecule has 0 radical (unpaired) electrons. The first kappa shape index (κ1) is 14.4. The second-order valence-electron chi connectivity index (χ2n) is 6.10. The Hall–Kier alpha value is -1.02. The van der Waals surface area contributed by atoms with Crippen molar-refractivity contribution in [3.63, 3.8) is 0 Å². The quantitative estimate of drug-likeness (QED) is 0.871. The maximum atomic E-state index is 3.44. The number of hydrogen-bond donors (Lipinski definition) is 1. The van der Waals surface area contributed by atoms with E-state index >= 15 is 0 Å². The first-order valence-corrected chi connectivity index (χ1v) is 7.65. The molecule has 1 aliphatic rings. The van der Waals surface area contributed by atoms with E-state index in [1.54, 1.807) is 0 Å². The fourth-order valence-electron chi connectivity index (χ4n) is 3.09. The van der Waals surface area contributed by atoms with Crippen molar-refractivity contribution in [3.05, 3.63) is 29.3 Å². The predicted molar refractivity (Wildman–Crippen MR) is 84.0 cm³/mol. The van der Waals surface area contributed by atoms with Crippen molar-refractivity contribution in [2.75, 3.05) is 31.6 Å². The molecule has 1 aromatic carbocycles. The molecule has 0 unspecified atom stereocenters. The van der Waals surface area contributed by atoms with E-state index in [1.807, 2.05) is 0 Å². The van der Waals surface area contributed by atoms with E-state index in [4.69, 9.17) is 0 Å². The summed E-state index contributed by atoms with van der Waals surface area (Å²) < 4.78 is 0. The molecule has 1 aromatic rings. The molecule has 106 valence electrons. The van der Waals surface area contributed by atoms with E-state index in [-0.39, 0.29) is 0 Å².